The molecule has 2 atom stereocenters. The molecule has 198 valence electrons. The molecule has 2 aromatic rings. The van der Waals surface area contributed by atoms with E-state index in [2.05, 4.69) is 5.32 Å². The Bertz CT molecular complexity index is 1170. The van der Waals surface area contributed by atoms with Crippen LogP contribution in [0.25, 0.3) is 0 Å². The molecular weight excluding hydrogens is 482 g/mol. The van der Waals surface area contributed by atoms with Crippen molar-refractivity contribution >= 4 is 27.5 Å². The van der Waals surface area contributed by atoms with Gasteiger partial charge in [0.15, 0.2) is 0 Å². The first-order valence-electron chi connectivity index (χ1n) is 11.8. The largest absolute Gasteiger partial charge is 0.497 e. The minimum absolute atomic E-state index is 0.0658. The second-order valence-electron chi connectivity index (χ2n) is 8.75. The molecule has 2 rings (SSSR count). The summed E-state index contributed by atoms with van der Waals surface area (Å²) in [5, 5.41) is 2.91. The molecule has 0 aromatic heterocycles. The lowest BCUT2D eigenvalue weighted by molar-refractivity contribution is -0.139. The summed E-state index contributed by atoms with van der Waals surface area (Å²) in [7, 11) is -1.03. The molecule has 2 amide bonds. The molecule has 0 heterocycles. The number of anilines is 1. The van der Waals surface area contributed by atoms with Crippen molar-refractivity contribution in [2.24, 2.45) is 0 Å². The SMILES string of the molecule is CC[C@@H](C)NC(=O)[C@@H](C)N(Cc1ccccc1C)C(=O)CN(c1cc(OC)ccc1OC)S(C)(=O)=O. The first-order valence-corrected chi connectivity index (χ1v) is 13.6. The number of ether oxygens (including phenoxy) is 2. The van der Waals surface area contributed by atoms with Crippen molar-refractivity contribution in [1.29, 1.82) is 0 Å². The molecule has 0 aliphatic carbocycles. The van der Waals surface area contributed by atoms with Gasteiger partial charge in [-0.3, -0.25) is 13.9 Å². The molecule has 0 aliphatic rings. The number of aryl methyl sites for hydroxylation is 1. The Labute approximate surface area is 214 Å². The van der Waals surface area contributed by atoms with Crippen molar-refractivity contribution in [2.75, 3.05) is 31.3 Å². The van der Waals surface area contributed by atoms with Gasteiger partial charge in [-0.15, -0.1) is 0 Å². The van der Waals surface area contributed by atoms with Crippen LogP contribution in [0.15, 0.2) is 42.5 Å². The molecule has 9 nitrogen and oxygen atoms in total. The summed E-state index contributed by atoms with van der Waals surface area (Å²) in [6, 6.07) is 11.4. The third kappa shape index (κ3) is 7.36. The number of carbonyl (C=O) groups is 2. The second kappa shape index (κ2) is 12.6. The van der Waals surface area contributed by atoms with Crippen LogP contribution in [0.4, 0.5) is 5.69 Å². The van der Waals surface area contributed by atoms with Gasteiger partial charge in [-0.1, -0.05) is 31.2 Å². The van der Waals surface area contributed by atoms with Crippen molar-refractivity contribution < 1.29 is 27.5 Å². The van der Waals surface area contributed by atoms with E-state index in [1.54, 1.807) is 19.1 Å². The van der Waals surface area contributed by atoms with Crippen LogP contribution in [0.3, 0.4) is 0 Å². The van der Waals surface area contributed by atoms with Gasteiger partial charge in [0.2, 0.25) is 21.8 Å². The predicted molar refractivity (Wildman–Crippen MR) is 141 cm³/mol. The monoisotopic (exact) mass is 519 g/mol. The van der Waals surface area contributed by atoms with Crippen LogP contribution < -0.4 is 19.1 Å². The molecule has 0 spiro atoms. The zero-order valence-corrected chi connectivity index (χ0v) is 22.9. The topological polar surface area (TPSA) is 105 Å². The van der Waals surface area contributed by atoms with Crippen molar-refractivity contribution in [1.82, 2.24) is 10.2 Å². The maximum absolute atomic E-state index is 13.7. The van der Waals surface area contributed by atoms with Crippen molar-refractivity contribution in [3.8, 4) is 11.5 Å². The molecule has 0 saturated carbocycles. The van der Waals surface area contributed by atoms with E-state index in [4.69, 9.17) is 9.47 Å². The molecule has 36 heavy (non-hydrogen) atoms. The highest BCUT2D eigenvalue weighted by Crippen LogP contribution is 2.34. The van der Waals surface area contributed by atoms with Gasteiger partial charge in [-0.25, -0.2) is 8.42 Å². The highest BCUT2D eigenvalue weighted by atomic mass is 32.2. The zero-order valence-electron chi connectivity index (χ0n) is 22.1. The molecule has 0 bridgehead atoms. The number of nitrogens with one attached hydrogen (secondary N) is 1. The van der Waals surface area contributed by atoms with E-state index >= 15 is 0 Å². The number of carbonyl (C=O) groups excluding carboxylic acids is 2. The summed E-state index contributed by atoms with van der Waals surface area (Å²) >= 11 is 0. The van der Waals surface area contributed by atoms with E-state index in [1.807, 2.05) is 45.0 Å². The lowest BCUT2D eigenvalue weighted by Gasteiger charge is -2.32. The third-order valence-corrected chi connectivity index (χ3v) is 7.23. The third-order valence-electron chi connectivity index (χ3n) is 6.10. The fraction of sp³-hybridized carbons (Fsp3) is 0.462. The van der Waals surface area contributed by atoms with Crippen LogP contribution >= 0.6 is 0 Å². The molecule has 10 heteroatoms. The number of hydrogen-bond acceptors (Lipinski definition) is 6. The van der Waals surface area contributed by atoms with E-state index < -0.39 is 28.5 Å². The van der Waals surface area contributed by atoms with Gasteiger partial charge in [-0.2, -0.15) is 0 Å². The van der Waals surface area contributed by atoms with Crippen molar-refractivity contribution in [3.63, 3.8) is 0 Å². The molecule has 0 aliphatic heterocycles. The van der Waals surface area contributed by atoms with Gasteiger partial charge in [0.25, 0.3) is 0 Å². The van der Waals surface area contributed by atoms with Gasteiger partial charge in [-0.05, 0) is 50.5 Å². The molecule has 1 N–H and O–H groups in total. The molecule has 0 fully saturated rings. The van der Waals surface area contributed by atoms with E-state index in [-0.39, 0.29) is 29.9 Å². The highest BCUT2D eigenvalue weighted by Gasteiger charge is 2.32. The smallest absolute Gasteiger partial charge is 0.244 e. The molecule has 0 unspecified atom stereocenters. The van der Waals surface area contributed by atoms with Crippen LogP contribution in [-0.2, 0) is 26.2 Å². The summed E-state index contributed by atoms with van der Waals surface area (Å²) in [5.74, 6) is -0.163. The first kappa shape index (κ1) is 29.0. The maximum atomic E-state index is 13.7. The van der Waals surface area contributed by atoms with Crippen LogP contribution in [-0.4, -0.2) is 64.2 Å². The van der Waals surface area contributed by atoms with Crippen LogP contribution in [0.2, 0.25) is 0 Å². The van der Waals surface area contributed by atoms with E-state index in [0.29, 0.717) is 5.75 Å². The number of sulfonamides is 1. The van der Waals surface area contributed by atoms with Crippen LogP contribution in [0.5, 0.6) is 11.5 Å². The van der Waals surface area contributed by atoms with Crippen molar-refractivity contribution in [2.45, 2.75) is 52.7 Å². The van der Waals surface area contributed by atoms with E-state index in [1.165, 1.54) is 25.2 Å². The summed E-state index contributed by atoms with van der Waals surface area (Å²) in [5.41, 5.74) is 1.98. The van der Waals surface area contributed by atoms with Gasteiger partial charge < -0.3 is 19.7 Å². The van der Waals surface area contributed by atoms with E-state index in [0.717, 1.165) is 28.1 Å². The minimum Gasteiger partial charge on any atom is -0.497 e. The normalized spacial score (nSPS) is 12.9. The summed E-state index contributed by atoms with van der Waals surface area (Å²) in [6.45, 7) is 7.04. The highest BCUT2D eigenvalue weighted by molar-refractivity contribution is 7.92. The van der Waals surface area contributed by atoms with Crippen LogP contribution in [0, 0.1) is 6.92 Å². The molecular formula is C26H37N3O6S. The van der Waals surface area contributed by atoms with Gasteiger partial charge in [0.05, 0.1) is 26.2 Å². The summed E-state index contributed by atoms with van der Waals surface area (Å²) in [6.07, 6.45) is 1.76. The predicted octanol–water partition coefficient (Wildman–Crippen LogP) is 3.11. The number of hydrogen-bond donors (Lipinski definition) is 1. The quantitative estimate of drug-likeness (QED) is 0.462. The first-order chi connectivity index (χ1) is 16.9. The fourth-order valence-electron chi connectivity index (χ4n) is 3.61. The van der Waals surface area contributed by atoms with Gasteiger partial charge in [0.1, 0.15) is 24.1 Å². The standard InChI is InChI=1S/C26H37N3O6S/c1-8-19(3)27-26(31)20(4)28(16-21-12-10-9-11-18(21)2)25(30)17-29(36(7,32)33)23-15-22(34-5)13-14-24(23)35-6/h9-15,19-20H,8,16-17H2,1-7H3,(H,27,31)/t19-,20-/m1/s1. The minimum atomic E-state index is -3.90. The number of nitrogens with zero attached hydrogens (tertiary/aromatic N) is 2. The lowest BCUT2D eigenvalue weighted by Crippen LogP contribution is -2.52. The molecule has 0 radical (unpaired) electrons. The Morgan fingerprint density at radius 1 is 1.06 bits per heavy atom. The molecule has 2 aromatic carbocycles. The van der Waals surface area contributed by atoms with Crippen molar-refractivity contribution in [3.05, 3.63) is 53.6 Å². The Kier molecular flexibility index (Phi) is 10.2. The Morgan fingerprint density at radius 2 is 1.72 bits per heavy atom. The van der Waals surface area contributed by atoms with E-state index in [9.17, 15) is 18.0 Å². The summed E-state index contributed by atoms with van der Waals surface area (Å²) < 4.78 is 37.3. The second-order valence-corrected chi connectivity index (χ2v) is 10.7. The number of benzene rings is 2. The fourth-order valence-corrected chi connectivity index (χ4v) is 4.45. The average Bonchev–Trinajstić information content (AvgIpc) is 2.84. The van der Waals surface area contributed by atoms with Crippen LogP contribution in [0.1, 0.15) is 38.3 Å². The summed E-state index contributed by atoms with van der Waals surface area (Å²) in [4.78, 5) is 28.1. The lowest BCUT2D eigenvalue weighted by atomic mass is 10.1. The Morgan fingerprint density at radius 3 is 2.28 bits per heavy atom. The molecule has 0 saturated heterocycles. The number of rotatable bonds is 12. The Balaban J connectivity index is 2.49. The van der Waals surface area contributed by atoms with Gasteiger partial charge >= 0.3 is 0 Å². The zero-order chi connectivity index (χ0) is 27.0. The van der Waals surface area contributed by atoms with Gasteiger partial charge in [0, 0.05) is 18.7 Å². The Hall–Kier alpha value is -3.27. The number of methoxy groups -OCH3 is 2. The number of amides is 2. The average molecular weight is 520 g/mol. The maximum Gasteiger partial charge on any atom is 0.244 e.